The molecule has 1 rings (SSSR count). The average molecular weight is 219 g/mol. The molecule has 80 valence electrons. The molecule has 0 aromatic carbocycles. The summed E-state index contributed by atoms with van der Waals surface area (Å²) in [7, 11) is -4.07. The largest absolute Gasteiger partial charge is 0.355 e. The molecule has 0 aromatic heterocycles. The molecule has 0 spiro atoms. The zero-order valence-corrected chi connectivity index (χ0v) is 8.40. The summed E-state index contributed by atoms with van der Waals surface area (Å²) in [6, 6.07) is 0. The third-order valence-corrected chi connectivity index (χ3v) is 2.76. The summed E-state index contributed by atoms with van der Waals surface area (Å²) in [5, 5.41) is 0. The van der Waals surface area contributed by atoms with Gasteiger partial charge in [0.15, 0.2) is 0 Å². The molecule has 1 unspecified atom stereocenters. The maximum absolute atomic E-state index is 10.8. The number of hydrogen-bond donors (Lipinski definition) is 2. The SMILES string of the molecule is NCOC1(CS(=O)(=O)O)C=CC=CC1. The molecule has 1 aliphatic carbocycles. The van der Waals surface area contributed by atoms with Crippen LogP contribution in [0.2, 0.25) is 0 Å². The predicted octanol–water partition coefficient (Wildman–Crippen LogP) is 0.0619. The highest BCUT2D eigenvalue weighted by Crippen LogP contribution is 2.23. The molecule has 14 heavy (non-hydrogen) atoms. The molecule has 0 radical (unpaired) electrons. The minimum absolute atomic E-state index is 0.0896. The van der Waals surface area contributed by atoms with Gasteiger partial charge in [0.25, 0.3) is 10.1 Å². The van der Waals surface area contributed by atoms with Crippen molar-refractivity contribution in [3.8, 4) is 0 Å². The van der Waals surface area contributed by atoms with Gasteiger partial charge in [-0.3, -0.25) is 4.55 Å². The van der Waals surface area contributed by atoms with Crippen molar-refractivity contribution >= 4 is 10.1 Å². The first kappa shape index (κ1) is 11.4. The summed E-state index contributed by atoms with van der Waals surface area (Å²) < 4.78 is 35.4. The van der Waals surface area contributed by atoms with E-state index in [0.29, 0.717) is 6.42 Å². The van der Waals surface area contributed by atoms with E-state index in [0.717, 1.165) is 0 Å². The van der Waals surface area contributed by atoms with Crippen LogP contribution in [0.3, 0.4) is 0 Å². The molecule has 3 N–H and O–H groups in total. The Morgan fingerprint density at radius 1 is 1.50 bits per heavy atom. The fraction of sp³-hybridized carbons (Fsp3) is 0.500. The van der Waals surface area contributed by atoms with E-state index in [4.69, 9.17) is 15.0 Å². The van der Waals surface area contributed by atoms with Crippen molar-refractivity contribution in [1.82, 2.24) is 0 Å². The Morgan fingerprint density at radius 3 is 2.64 bits per heavy atom. The second-order valence-corrected chi connectivity index (χ2v) is 4.55. The van der Waals surface area contributed by atoms with Gasteiger partial charge in [-0.05, 0) is 6.42 Å². The third kappa shape index (κ3) is 3.22. The van der Waals surface area contributed by atoms with Gasteiger partial charge in [0.2, 0.25) is 0 Å². The van der Waals surface area contributed by atoms with Crippen molar-refractivity contribution in [2.75, 3.05) is 12.5 Å². The molecular formula is C8H13NO4S. The molecule has 0 saturated carbocycles. The first-order valence-corrected chi connectivity index (χ1v) is 5.72. The second-order valence-electron chi connectivity index (χ2n) is 3.09. The lowest BCUT2D eigenvalue weighted by atomic mass is 9.97. The molecule has 0 fully saturated rings. The second kappa shape index (κ2) is 4.22. The Morgan fingerprint density at radius 2 is 2.21 bits per heavy atom. The monoisotopic (exact) mass is 219 g/mol. The molecule has 6 heteroatoms. The van der Waals surface area contributed by atoms with Gasteiger partial charge in [0, 0.05) is 0 Å². The molecule has 1 atom stereocenters. The number of allylic oxidation sites excluding steroid dienone is 2. The first-order valence-electron chi connectivity index (χ1n) is 4.11. The maximum Gasteiger partial charge on any atom is 0.268 e. The van der Waals surface area contributed by atoms with Crippen LogP contribution in [0.5, 0.6) is 0 Å². The Hall–Kier alpha value is -0.690. The molecule has 0 amide bonds. The van der Waals surface area contributed by atoms with Crippen LogP contribution >= 0.6 is 0 Å². The van der Waals surface area contributed by atoms with E-state index in [1.54, 1.807) is 24.3 Å². The van der Waals surface area contributed by atoms with Gasteiger partial charge in [-0.2, -0.15) is 8.42 Å². The Balaban J connectivity index is 2.83. The lowest BCUT2D eigenvalue weighted by Gasteiger charge is -2.29. The van der Waals surface area contributed by atoms with Crippen LogP contribution in [0.25, 0.3) is 0 Å². The van der Waals surface area contributed by atoms with Crippen molar-refractivity contribution in [2.45, 2.75) is 12.0 Å². The number of hydrogen-bond acceptors (Lipinski definition) is 4. The minimum Gasteiger partial charge on any atom is -0.355 e. The van der Waals surface area contributed by atoms with E-state index in [1.807, 2.05) is 0 Å². The third-order valence-electron chi connectivity index (χ3n) is 1.91. The first-order chi connectivity index (χ1) is 6.47. The fourth-order valence-electron chi connectivity index (χ4n) is 1.38. The zero-order chi connectivity index (χ0) is 10.7. The van der Waals surface area contributed by atoms with Gasteiger partial charge >= 0.3 is 0 Å². The standard InChI is InChI=1S/C8H13NO4S/c9-7-13-8(6-14(10,11)12)4-2-1-3-5-8/h1-4H,5-7,9H2,(H,10,11,12). The van der Waals surface area contributed by atoms with E-state index in [1.165, 1.54) is 0 Å². The van der Waals surface area contributed by atoms with Crippen molar-refractivity contribution < 1.29 is 17.7 Å². The topological polar surface area (TPSA) is 89.6 Å². The van der Waals surface area contributed by atoms with E-state index < -0.39 is 21.5 Å². The summed E-state index contributed by atoms with van der Waals surface area (Å²) in [6.07, 6.45) is 7.20. The Bertz CT molecular complexity index is 346. The summed E-state index contributed by atoms with van der Waals surface area (Å²) in [4.78, 5) is 0. The molecule has 0 aromatic rings. The fourth-order valence-corrected chi connectivity index (χ4v) is 2.29. The number of rotatable bonds is 4. The van der Waals surface area contributed by atoms with Gasteiger partial charge in [-0.25, -0.2) is 0 Å². The smallest absolute Gasteiger partial charge is 0.268 e. The van der Waals surface area contributed by atoms with Crippen molar-refractivity contribution in [1.29, 1.82) is 0 Å². The Labute approximate surface area is 83.0 Å². The molecular weight excluding hydrogens is 206 g/mol. The van der Waals surface area contributed by atoms with Gasteiger partial charge in [0.05, 0.1) is 6.73 Å². The molecule has 1 aliphatic rings. The minimum atomic E-state index is -4.07. The van der Waals surface area contributed by atoms with Gasteiger partial charge in [0.1, 0.15) is 11.4 Å². The highest BCUT2D eigenvalue weighted by atomic mass is 32.2. The van der Waals surface area contributed by atoms with Crippen LogP contribution in [0.4, 0.5) is 0 Å². The van der Waals surface area contributed by atoms with Gasteiger partial charge in [-0.15, -0.1) is 0 Å². The molecule has 0 saturated heterocycles. The van der Waals surface area contributed by atoms with Crippen LogP contribution in [-0.2, 0) is 14.9 Å². The van der Waals surface area contributed by atoms with Crippen LogP contribution in [0.15, 0.2) is 24.3 Å². The van der Waals surface area contributed by atoms with E-state index in [-0.39, 0.29) is 6.73 Å². The summed E-state index contributed by atoms with van der Waals surface area (Å²) in [5.41, 5.74) is 4.19. The van der Waals surface area contributed by atoms with Crippen molar-refractivity contribution in [2.24, 2.45) is 5.73 Å². The quantitative estimate of drug-likeness (QED) is 0.515. The maximum atomic E-state index is 10.8. The molecule has 0 heterocycles. The summed E-state index contributed by atoms with van der Waals surface area (Å²) in [6.45, 7) is -0.0896. The van der Waals surface area contributed by atoms with Crippen LogP contribution < -0.4 is 5.73 Å². The van der Waals surface area contributed by atoms with Gasteiger partial charge in [-0.1, -0.05) is 24.3 Å². The van der Waals surface area contributed by atoms with Gasteiger partial charge < -0.3 is 10.5 Å². The van der Waals surface area contributed by atoms with Crippen molar-refractivity contribution in [3.05, 3.63) is 24.3 Å². The molecule has 5 nitrogen and oxygen atoms in total. The summed E-state index contributed by atoms with van der Waals surface area (Å²) >= 11 is 0. The molecule has 0 bridgehead atoms. The zero-order valence-electron chi connectivity index (χ0n) is 7.59. The number of ether oxygens (including phenoxy) is 1. The highest BCUT2D eigenvalue weighted by Gasteiger charge is 2.33. The highest BCUT2D eigenvalue weighted by molar-refractivity contribution is 7.85. The Kier molecular flexibility index (Phi) is 3.43. The average Bonchev–Trinajstić information content (AvgIpc) is 2.02. The summed E-state index contributed by atoms with van der Waals surface area (Å²) in [5.74, 6) is -0.474. The lowest BCUT2D eigenvalue weighted by molar-refractivity contribution is 0.0126. The van der Waals surface area contributed by atoms with E-state index in [9.17, 15) is 8.42 Å². The predicted molar refractivity (Wildman–Crippen MR) is 52.2 cm³/mol. The van der Waals surface area contributed by atoms with E-state index >= 15 is 0 Å². The van der Waals surface area contributed by atoms with Crippen molar-refractivity contribution in [3.63, 3.8) is 0 Å². The van der Waals surface area contributed by atoms with E-state index in [2.05, 4.69) is 0 Å². The molecule has 0 aliphatic heterocycles. The van der Waals surface area contributed by atoms with Crippen LogP contribution in [-0.4, -0.2) is 31.1 Å². The number of nitrogens with two attached hydrogens (primary N) is 1. The van der Waals surface area contributed by atoms with Crippen LogP contribution in [0, 0.1) is 0 Å². The normalized spacial score (nSPS) is 26.7. The lowest BCUT2D eigenvalue weighted by Crippen LogP contribution is -2.40. The van der Waals surface area contributed by atoms with Crippen LogP contribution in [0.1, 0.15) is 6.42 Å².